The Morgan fingerprint density at radius 3 is 2.57 bits per heavy atom. The van der Waals surface area contributed by atoms with Crippen molar-refractivity contribution in [3.63, 3.8) is 0 Å². The average Bonchev–Trinajstić information content (AvgIpc) is 2.46. The van der Waals surface area contributed by atoms with E-state index in [0.717, 1.165) is 12.2 Å². The van der Waals surface area contributed by atoms with Crippen LogP contribution in [0.15, 0.2) is 0 Å². The molecule has 1 aliphatic heterocycles. The second-order valence-corrected chi connectivity index (χ2v) is 5.84. The molecule has 0 aromatic carbocycles. The van der Waals surface area contributed by atoms with Crippen LogP contribution in [0, 0.1) is 5.92 Å². The van der Waals surface area contributed by atoms with Gasteiger partial charge in [0.25, 0.3) is 0 Å². The first-order valence-electron chi connectivity index (χ1n) is 5.17. The van der Waals surface area contributed by atoms with Gasteiger partial charge in [0.05, 0.1) is 6.04 Å². The maximum Gasteiger partial charge on any atom is 0.234 e. The predicted molar refractivity (Wildman–Crippen MR) is 61.3 cm³/mol. The Hall–Kier alpha value is -0.220. The van der Waals surface area contributed by atoms with E-state index >= 15 is 0 Å². The lowest BCUT2D eigenvalue weighted by molar-refractivity contribution is -0.121. The Kier molecular flexibility index (Phi) is 4.26. The lowest BCUT2D eigenvalue weighted by Crippen LogP contribution is -2.49. The standard InChI is InChI=1S/C10H20N2OS/c1-6(2)9(10(11)13)12-8-4-7(3)14-5-8/h6-9,12H,4-5H2,1-3H3,(H2,11,13). The van der Waals surface area contributed by atoms with Crippen molar-refractivity contribution in [3.8, 4) is 0 Å². The van der Waals surface area contributed by atoms with Gasteiger partial charge in [0.1, 0.15) is 0 Å². The van der Waals surface area contributed by atoms with Crippen LogP contribution in [0.25, 0.3) is 0 Å². The Bertz CT molecular complexity index is 208. The lowest BCUT2D eigenvalue weighted by Gasteiger charge is -2.22. The quantitative estimate of drug-likeness (QED) is 0.736. The molecule has 0 aliphatic carbocycles. The number of carbonyl (C=O) groups excluding carboxylic acids is 1. The van der Waals surface area contributed by atoms with Gasteiger partial charge in [-0.1, -0.05) is 20.8 Å². The van der Waals surface area contributed by atoms with Crippen molar-refractivity contribution in [2.24, 2.45) is 11.7 Å². The second kappa shape index (κ2) is 5.03. The number of hydrogen-bond donors (Lipinski definition) is 2. The molecule has 0 spiro atoms. The molecular formula is C10H20N2OS. The number of primary amides is 1. The summed E-state index contributed by atoms with van der Waals surface area (Å²) in [7, 11) is 0. The second-order valence-electron chi connectivity index (χ2n) is 4.37. The number of nitrogens with two attached hydrogens (primary N) is 1. The first-order valence-corrected chi connectivity index (χ1v) is 6.22. The number of thioether (sulfide) groups is 1. The summed E-state index contributed by atoms with van der Waals surface area (Å²) in [6.45, 7) is 6.27. The van der Waals surface area contributed by atoms with Crippen LogP contribution in [0.2, 0.25) is 0 Å². The van der Waals surface area contributed by atoms with Crippen LogP contribution in [0.4, 0.5) is 0 Å². The maximum atomic E-state index is 11.2. The highest BCUT2D eigenvalue weighted by Gasteiger charge is 2.27. The Labute approximate surface area is 90.2 Å². The zero-order valence-electron chi connectivity index (χ0n) is 9.12. The van der Waals surface area contributed by atoms with E-state index < -0.39 is 0 Å². The molecule has 1 heterocycles. The molecule has 1 saturated heterocycles. The lowest BCUT2D eigenvalue weighted by atomic mass is 10.0. The zero-order valence-corrected chi connectivity index (χ0v) is 9.93. The molecule has 1 amide bonds. The van der Waals surface area contributed by atoms with Crippen molar-refractivity contribution >= 4 is 17.7 Å². The first-order chi connectivity index (χ1) is 6.50. The van der Waals surface area contributed by atoms with Gasteiger partial charge in [0.15, 0.2) is 0 Å². The van der Waals surface area contributed by atoms with Crippen LogP contribution in [0.1, 0.15) is 27.2 Å². The average molecular weight is 216 g/mol. The first kappa shape index (κ1) is 11.9. The van der Waals surface area contributed by atoms with Gasteiger partial charge in [-0.2, -0.15) is 11.8 Å². The maximum absolute atomic E-state index is 11.2. The van der Waals surface area contributed by atoms with E-state index in [2.05, 4.69) is 12.2 Å². The Morgan fingerprint density at radius 2 is 2.21 bits per heavy atom. The number of hydrogen-bond acceptors (Lipinski definition) is 3. The minimum atomic E-state index is -0.232. The fourth-order valence-corrected chi connectivity index (χ4v) is 2.95. The minimum absolute atomic E-state index is 0.175. The smallest absolute Gasteiger partial charge is 0.234 e. The monoisotopic (exact) mass is 216 g/mol. The van der Waals surface area contributed by atoms with Crippen LogP contribution in [0.5, 0.6) is 0 Å². The third-order valence-corrected chi connectivity index (χ3v) is 3.94. The summed E-state index contributed by atoms with van der Waals surface area (Å²) in [6.07, 6.45) is 1.14. The predicted octanol–water partition coefficient (Wildman–Crippen LogP) is 0.980. The number of carbonyl (C=O) groups is 1. The molecule has 1 aliphatic rings. The van der Waals surface area contributed by atoms with Gasteiger partial charge in [-0.3, -0.25) is 4.79 Å². The summed E-state index contributed by atoms with van der Waals surface area (Å²) < 4.78 is 0. The summed E-state index contributed by atoms with van der Waals surface area (Å²) in [5.41, 5.74) is 5.34. The molecule has 3 nitrogen and oxygen atoms in total. The van der Waals surface area contributed by atoms with Gasteiger partial charge in [0.2, 0.25) is 5.91 Å². The van der Waals surface area contributed by atoms with Gasteiger partial charge in [-0.05, 0) is 12.3 Å². The third kappa shape index (κ3) is 3.17. The molecule has 3 N–H and O–H groups in total. The van der Waals surface area contributed by atoms with Crippen LogP contribution >= 0.6 is 11.8 Å². The summed E-state index contributed by atoms with van der Waals surface area (Å²) in [4.78, 5) is 11.2. The highest BCUT2D eigenvalue weighted by Crippen LogP contribution is 2.26. The Morgan fingerprint density at radius 1 is 1.57 bits per heavy atom. The van der Waals surface area contributed by atoms with E-state index in [4.69, 9.17) is 5.73 Å². The van der Waals surface area contributed by atoms with Crippen molar-refractivity contribution in [3.05, 3.63) is 0 Å². The third-order valence-electron chi connectivity index (χ3n) is 2.59. The van der Waals surface area contributed by atoms with E-state index in [9.17, 15) is 4.79 Å². The summed E-state index contributed by atoms with van der Waals surface area (Å²) in [5.74, 6) is 1.13. The summed E-state index contributed by atoms with van der Waals surface area (Å²) in [5, 5.41) is 4.05. The van der Waals surface area contributed by atoms with Gasteiger partial charge in [0, 0.05) is 17.0 Å². The molecule has 4 heteroatoms. The molecule has 3 atom stereocenters. The number of rotatable bonds is 4. The fraction of sp³-hybridized carbons (Fsp3) is 0.900. The molecule has 0 aromatic rings. The van der Waals surface area contributed by atoms with Crippen LogP contribution in [-0.4, -0.2) is 29.0 Å². The highest BCUT2D eigenvalue weighted by atomic mass is 32.2. The number of nitrogens with one attached hydrogen (secondary N) is 1. The van der Waals surface area contributed by atoms with Crippen molar-refractivity contribution in [1.82, 2.24) is 5.32 Å². The topological polar surface area (TPSA) is 55.1 Å². The minimum Gasteiger partial charge on any atom is -0.368 e. The van der Waals surface area contributed by atoms with Crippen LogP contribution in [-0.2, 0) is 4.79 Å². The zero-order chi connectivity index (χ0) is 10.7. The highest BCUT2D eigenvalue weighted by molar-refractivity contribution is 8.00. The van der Waals surface area contributed by atoms with Gasteiger partial charge in [-0.25, -0.2) is 0 Å². The van der Waals surface area contributed by atoms with Crippen molar-refractivity contribution in [2.75, 3.05) is 5.75 Å². The number of amides is 1. The van der Waals surface area contributed by atoms with Gasteiger partial charge in [-0.15, -0.1) is 0 Å². The molecule has 1 fully saturated rings. The summed E-state index contributed by atoms with van der Waals surface area (Å²) in [6, 6.07) is 0.279. The molecular weight excluding hydrogens is 196 g/mol. The molecule has 3 unspecified atom stereocenters. The van der Waals surface area contributed by atoms with Crippen molar-refractivity contribution in [1.29, 1.82) is 0 Å². The van der Waals surface area contributed by atoms with E-state index in [-0.39, 0.29) is 17.9 Å². The van der Waals surface area contributed by atoms with E-state index in [0.29, 0.717) is 11.3 Å². The van der Waals surface area contributed by atoms with E-state index in [1.807, 2.05) is 25.6 Å². The fourth-order valence-electron chi connectivity index (χ4n) is 1.79. The van der Waals surface area contributed by atoms with E-state index in [1.165, 1.54) is 0 Å². The van der Waals surface area contributed by atoms with E-state index in [1.54, 1.807) is 0 Å². The molecule has 0 aromatic heterocycles. The van der Waals surface area contributed by atoms with Crippen molar-refractivity contribution in [2.45, 2.75) is 44.5 Å². The van der Waals surface area contributed by atoms with Crippen molar-refractivity contribution < 1.29 is 4.79 Å². The Balaban J connectivity index is 2.44. The van der Waals surface area contributed by atoms with Crippen LogP contribution in [0.3, 0.4) is 0 Å². The molecule has 0 radical (unpaired) electrons. The SMILES string of the molecule is CC1CC(NC(C(N)=O)C(C)C)CS1. The largest absolute Gasteiger partial charge is 0.368 e. The van der Waals surface area contributed by atoms with Crippen LogP contribution < -0.4 is 11.1 Å². The molecule has 0 bridgehead atoms. The molecule has 0 saturated carbocycles. The normalized spacial score (nSPS) is 29.4. The molecule has 82 valence electrons. The van der Waals surface area contributed by atoms with Gasteiger partial charge >= 0.3 is 0 Å². The molecule has 14 heavy (non-hydrogen) atoms. The molecule has 1 rings (SSSR count). The summed E-state index contributed by atoms with van der Waals surface area (Å²) >= 11 is 1.96. The van der Waals surface area contributed by atoms with Gasteiger partial charge < -0.3 is 11.1 Å².